The quantitative estimate of drug-likeness (QED) is 0.485. The van der Waals surface area contributed by atoms with Crippen LogP contribution in [0, 0.1) is 0 Å². The van der Waals surface area contributed by atoms with Crippen molar-refractivity contribution in [3.63, 3.8) is 0 Å². The van der Waals surface area contributed by atoms with E-state index in [1.807, 2.05) is 0 Å². The van der Waals surface area contributed by atoms with Gasteiger partial charge in [0.1, 0.15) is 0 Å². The number of hydrogen-bond donors (Lipinski definition) is 0. The van der Waals surface area contributed by atoms with Crippen molar-refractivity contribution < 1.29 is 73.8 Å². The molecule has 0 unspecified atom stereocenters. The minimum absolute atomic E-state index is 0. The minimum atomic E-state index is -5.03. The van der Waals surface area contributed by atoms with Gasteiger partial charge in [-0.2, -0.15) is 0 Å². The molecule has 1 rings (SSSR count). The SMILES string of the molecule is COCOc1ccccc1[B-](F)(F)F.[K+]. The Bertz CT molecular complexity index is 306. The van der Waals surface area contributed by atoms with E-state index in [1.165, 1.54) is 25.3 Å². The predicted molar refractivity (Wildman–Crippen MR) is 47.7 cm³/mol. The molecule has 0 aliphatic heterocycles. The van der Waals surface area contributed by atoms with Crippen LogP contribution in [0.15, 0.2) is 24.3 Å². The summed E-state index contributed by atoms with van der Waals surface area (Å²) in [6, 6.07) is 5.06. The standard InChI is InChI=1S/C8H9BF3O2.K/c1-13-6-14-8-5-3-2-4-7(8)9(10,11)12;/h2-5H,6H2,1H3;/q-1;+1. The van der Waals surface area contributed by atoms with Crippen molar-refractivity contribution >= 4 is 12.4 Å². The second-order valence-electron chi connectivity index (χ2n) is 2.66. The zero-order chi connectivity index (χ0) is 10.6. The molecule has 0 saturated heterocycles. The first-order valence-corrected chi connectivity index (χ1v) is 3.96. The van der Waals surface area contributed by atoms with E-state index in [9.17, 15) is 12.9 Å². The Kier molecular flexibility index (Phi) is 7.14. The van der Waals surface area contributed by atoms with Gasteiger partial charge in [-0.3, -0.25) is 0 Å². The van der Waals surface area contributed by atoms with E-state index in [0.29, 0.717) is 0 Å². The second-order valence-corrected chi connectivity index (χ2v) is 2.66. The zero-order valence-corrected chi connectivity index (χ0v) is 11.7. The van der Waals surface area contributed by atoms with E-state index in [0.717, 1.165) is 6.07 Å². The van der Waals surface area contributed by atoms with Gasteiger partial charge in [0.2, 0.25) is 0 Å². The molecular weight excluding hydrogens is 235 g/mol. The molecule has 0 aliphatic carbocycles. The third-order valence-corrected chi connectivity index (χ3v) is 1.60. The minimum Gasteiger partial charge on any atom is -0.471 e. The van der Waals surface area contributed by atoms with E-state index >= 15 is 0 Å². The smallest absolute Gasteiger partial charge is 0.471 e. The van der Waals surface area contributed by atoms with Gasteiger partial charge in [-0.15, -0.1) is 0 Å². The normalized spacial score (nSPS) is 10.7. The first-order chi connectivity index (χ1) is 6.55. The molecule has 0 spiro atoms. The number of halogens is 3. The van der Waals surface area contributed by atoms with Gasteiger partial charge in [0.25, 0.3) is 0 Å². The van der Waals surface area contributed by atoms with Gasteiger partial charge in [0.05, 0.1) is 5.75 Å². The van der Waals surface area contributed by atoms with Crippen LogP contribution in [-0.2, 0) is 4.74 Å². The summed E-state index contributed by atoms with van der Waals surface area (Å²) < 4.78 is 46.6. The van der Waals surface area contributed by atoms with Gasteiger partial charge in [-0.1, -0.05) is 23.7 Å². The van der Waals surface area contributed by atoms with Crippen molar-refractivity contribution in [3.8, 4) is 5.75 Å². The maximum absolute atomic E-state index is 12.4. The first kappa shape index (κ1) is 15.5. The third kappa shape index (κ3) is 4.88. The molecule has 0 atom stereocenters. The summed E-state index contributed by atoms with van der Waals surface area (Å²) in [7, 11) is 1.35. The Morgan fingerprint density at radius 2 is 1.80 bits per heavy atom. The zero-order valence-electron chi connectivity index (χ0n) is 8.54. The molecular formula is C8H9BF3KO2. The number of benzene rings is 1. The predicted octanol–water partition coefficient (Wildman–Crippen LogP) is -1.27. The van der Waals surface area contributed by atoms with Crippen LogP contribution in [-0.4, -0.2) is 20.9 Å². The van der Waals surface area contributed by atoms with Crippen LogP contribution in [0.3, 0.4) is 0 Å². The monoisotopic (exact) mass is 244 g/mol. The van der Waals surface area contributed by atoms with Crippen LogP contribution >= 0.6 is 0 Å². The molecule has 0 N–H and O–H groups in total. The van der Waals surface area contributed by atoms with Gasteiger partial charge in [-0.05, 0) is 6.07 Å². The first-order valence-electron chi connectivity index (χ1n) is 3.96. The van der Waals surface area contributed by atoms with Gasteiger partial charge in [0.15, 0.2) is 6.79 Å². The molecule has 2 nitrogen and oxygen atoms in total. The second kappa shape index (κ2) is 6.93. The summed E-state index contributed by atoms with van der Waals surface area (Å²) in [5.74, 6) is -0.193. The van der Waals surface area contributed by atoms with Gasteiger partial charge in [-0.25, -0.2) is 0 Å². The Balaban J connectivity index is 0.00000196. The van der Waals surface area contributed by atoms with Crippen LogP contribution in [0.2, 0.25) is 0 Å². The maximum atomic E-state index is 12.4. The largest absolute Gasteiger partial charge is 1.00 e. The van der Waals surface area contributed by atoms with Crippen LogP contribution in [0.5, 0.6) is 5.75 Å². The molecule has 1 aromatic rings. The fourth-order valence-electron chi connectivity index (χ4n) is 1.00. The Morgan fingerprint density at radius 1 is 1.20 bits per heavy atom. The van der Waals surface area contributed by atoms with Gasteiger partial charge >= 0.3 is 58.4 Å². The van der Waals surface area contributed by atoms with E-state index in [4.69, 9.17) is 4.74 Å². The van der Waals surface area contributed by atoms with Crippen LogP contribution in [0.25, 0.3) is 0 Å². The van der Waals surface area contributed by atoms with E-state index in [1.54, 1.807) is 0 Å². The average Bonchev–Trinajstić information content (AvgIpc) is 2.14. The average molecular weight is 244 g/mol. The summed E-state index contributed by atoms with van der Waals surface area (Å²) in [5.41, 5.74) is -0.732. The molecule has 0 fully saturated rings. The van der Waals surface area contributed by atoms with Crippen LogP contribution in [0.1, 0.15) is 0 Å². The van der Waals surface area contributed by atoms with Crippen molar-refractivity contribution in [2.24, 2.45) is 0 Å². The summed E-state index contributed by atoms with van der Waals surface area (Å²) in [4.78, 5) is 0. The fourth-order valence-corrected chi connectivity index (χ4v) is 1.00. The Labute approximate surface area is 129 Å². The van der Waals surface area contributed by atoms with Crippen LogP contribution < -0.4 is 61.6 Å². The molecule has 15 heavy (non-hydrogen) atoms. The molecule has 0 bridgehead atoms. The molecule has 0 saturated carbocycles. The van der Waals surface area contributed by atoms with Crippen molar-refractivity contribution in [2.75, 3.05) is 13.9 Å². The number of rotatable bonds is 4. The van der Waals surface area contributed by atoms with Crippen LogP contribution in [0.4, 0.5) is 12.9 Å². The number of ether oxygens (including phenoxy) is 2. The van der Waals surface area contributed by atoms with Crippen molar-refractivity contribution in [1.29, 1.82) is 0 Å². The summed E-state index contributed by atoms with van der Waals surface area (Å²) in [5, 5.41) is 0. The van der Waals surface area contributed by atoms with Gasteiger partial charge in [0, 0.05) is 7.11 Å². The third-order valence-electron chi connectivity index (χ3n) is 1.60. The number of para-hydroxylation sites is 1. The van der Waals surface area contributed by atoms with E-state index < -0.39 is 12.4 Å². The summed E-state index contributed by atoms with van der Waals surface area (Å²) >= 11 is 0. The molecule has 0 aliphatic rings. The summed E-state index contributed by atoms with van der Waals surface area (Å²) in [6.07, 6.45) is 0. The molecule has 78 valence electrons. The topological polar surface area (TPSA) is 18.5 Å². The fraction of sp³-hybridized carbons (Fsp3) is 0.250. The molecule has 0 heterocycles. The molecule has 1 aromatic carbocycles. The van der Waals surface area contributed by atoms with E-state index in [-0.39, 0.29) is 63.9 Å². The molecule has 0 radical (unpaired) electrons. The molecule has 0 amide bonds. The van der Waals surface area contributed by atoms with Crippen molar-refractivity contribution in [2.45, 2.75) is 0 Å². The summed E-state index contributed by atoms with van der Waals surface area (Å²) in [6.45, 7) is -5.22. The van der Waals surface area contributed by atoms with Gasteiger partial charge < -0.3 is 22.4 Å². The Hall–Kier alpha value is 0.471. The maximum Gasteiger partial charge on any atom is 1.00 e. The number of hydrogen-bond acceptors (Lipinski definition) is 2. The molecule has 0 aromatic heterocycles. The van der Waals surface area contributed by atoms with Crippen molar-refractivity contribution in [3.05, 3.63) is 24.3 Å². The Morgan fingerprint density at radius 3 is 2.33 bits per heavy atom. The van der Waals surface area contributed by atoms with Crippen molar-refractivity contribution in [1.82, 2.24) is 0 Å². The molecule has 7 heteroatoms. The number of methoxy groups -OCH3 is 1. The van der Waals surface area contributed by atoms with E-state index in [2.05, 4.69) is 4.74 Å².